The van der Waals surface area contributed by atoms with Crippen molar-refractivity contribution in [3.8, 4) is 23.0 Å². The van der Waals surface area contributed by atoms with Gasteiger partial charge >= 0.3 is 0 Å². The highest BCUT2D eigenvalue weighted by Gasteiger charge is 2.39. The predicted molar refractivity (Wildman–Crippen MR) is 134 cm³/mol. The van der Waals surface area contributed by atoms with Crippen molar-refractivity contribution in [3.63, 3.8) is 0 Å². The number of hydrogen-bond acceptors (Lipinski definition) is 8. The summed E-state index contributed by atoms with van der Waals surface area (Å²) in [4.78, 5) is 28.2. The second kappa shape index (κ2) is 11.3. The van der Waals surface area contributed by atoms with E-state index in [0.29, 0.717) is 47.7 Å². The number of methoxy groups -OCH3 is 2. The van der Waals surface area contributed by atoms with Crippen molar-refractivity contribution in [2.75, 3.05) is 47.1 Å². The highest BCUT2D eigenvalue weighted by atomic mass is 16.5. The molecule has 0 unspecified atom stereocenters. The van der Waals surface area contributed by atoms with E-state index in [2.05, 4.69) is 15.5 Å². The molecular formula is C27H33N3O7. The number of likely N-dealkylation sites (tertiary alicyclic amines) is 1. The number of carbonyl (C=O) groups excluding carboxylic acids is 2. The molecule has 4 heterocycles. The zero-order valence-electron chi connectivity index (χ0n) is 21.2. The summed E-state index contributed by atoms with van der Waals surface area (Å²) < 4.78 is 28.6. The third-order valence-electron chi connectivity index (χ3n) is 7.09. The van der Waals surface area contributed by atoms with Gasteiger partial charge in [-0.2, -0.15) is 0 Å². The molecule has 2 saturated heterocycles. The van der Waals surface area contributed by atoms with Gasteiger partial charge < -0.3 is 34.3 Å². The summed E-state index contributed by atoms with van der Waals surface area (Å²) in [7, 11) is 3.11. The first-order chi connectivity index (χ1) is 18.0. The fraction of sp³-hybridized carbons (Fsp3) is 0.481. The first kappa shape index (κ1) is 25.2. The molecule has 0 saturated carbocycles. The number of hydrogen-bond donors (Lipinski definition) is 2. The molecule has 2 N–H and O–H groups in total. The number of amides is 2. The van der Waals surface area contributed by atoms with Crippen molar-refractivity contribution >= 4 is 11.8 Å². The molecule has 198 valence electrons. The van der Waals surface area contributed by atoms with Gasteiger partial charge in [-0.25, -0.2) is 0 Å². The lowest BCUT2D eigenvalue weighted by atomic mass is 10.1. The van der Waals surface area contributed by atoms with E-state index >= 15 is 0 Å². The van der Waals surface area contributed by atoms with Crippen LogP contribution in [0, 0.1) is 0 Å². The molecule has 10 nitrogen and oxygen atoms in total. The Balaban J connectivity index is 1.46. The fourth-order valence-electron chi connectivity index (χ4n) is 5.08. The summed E-state index contributed by atoms with van der Waals surface area (Å²) >= 11 is 0. The number of nitrogens with zero attached hydrogens (tertiary/aromatic N) is 1. The van der Waals surface area contributed by atoms with Gasteiger partial charge in [0.15, 0.2) is 6.61 Å². The van der Waals surface area contributed by atoms with Crippen LogP contribution in [0.5, 0.6) is 23.0 Å². The minimum absolute atomic E-state index is 0.206. The minimum Gasteiger partial charge on any atom is -0.497 e. The topological polar surface area (TPSA) is 108 Å². The van der Waals surface area contributed by atoms with Gasteiger partial charge in [0.1, 0.15) is 29.1 Å². The van der Waals surface area contributed by atoms with Crippen molar-refractivity contribution < 1.29 is 33.3 Å². The van der Waals surface area contributed by atoms with Crippen molar-refractivity contribution in [2.45, 2.75) is 37.6 Å². The van der Waals surface area contributed by atoms with Crippen LogP contribution >= 0.6 is 0 Å². The molecule has 10 heteroatoms. The van der Waals surface area contributed by atoms with E-state index < -0.39 is 0 Å². The molecule has 4 bridgehead atoms. The Morgan fingerprint density at radius 2 is 1.81 bits per heavy atom. The zero-order valence-corrected chi connectivity index (χ0v) is 21.2. The summed E-state index contributed by atoms with van der Waals surface area (Å²) in [6.45, 7) is 2.91. The van der Waals surface area contributed by atoms with Crippen molar-refractivity contribution in [3.05, 3.63) is 47.5 Å². The largest absolute Gasteiger partial charge is 0.497 e. The summed E-state index contributed by atoms with van der Waals surface area (Å²) in [6, 6.07) is 10.6. The van der Waals surface area contributed by atoms with Gasteiger partial charge in [0.05, 0.1) is 20.3 Å². The summed E-state index contributed by atoms with van der Waals surface area (Å²) in [5.41, 5.74) is 1.20. The van der Waals surface area contributed by atoms with Gasteiger partial charge in [-0.3, -0.25) is 14.5 Å². The van der Waals surface area contributed by atoms with E-state index in [9.17, 15) is 9.59 Å². The van der Waals surface area contributed by atoms with Crippen LogP contribution in [0.1, 0.15) is 28.8 Å². The molecule has 0 spiro atoms. The van der Waals surface area contributed by atoms with E-state index in [-0.39, 0.29) is 37.1 Å². The Hall–Kier alpha value is -3.50. The van der Waals surface area contributed by atoms with Crippen LogP contribution < -0.4 is 29.6 Å². The van der Waals surface area contributed by atoms with Crippen LogP contribution in [0.15, 0.2) is 36.4 Å². The number of ether oxygens (including phenoxy) is 5. The quantitative estimate of drug-likeness (QED) is 0.642. The maximum absolute atomic E-state index is 13.4. The second-order valence-electron chi connectivity index (χ2n) is 9.47. The molecule has 4 aliphatic heterocycles. The predicted octanol–water partition coefficient (Wildman–Crippen LogP) is 1.75. The Labute approximate surface area is 216 Å². The van der Waals surface area contributed by atoms with Crippen LogP contribution in [-0.4, -0.2) is 82.0 Å². The lowest BCUT2D eigenvalue weighted by Crippen LogP contribution is -2.45. The molecule has 0 aliphatic carbocycles. The van der Waals surface area contributed by atoms with Gasteiger partial charge in [-0.15, -0.1) is 0 Å². The number of carbonyl (C=O) groups is 2. The lowest BCUT2D eigenvalue weighted by molar-refractivity contribution is -0.123. The third-order valence-corrected chi connectivity index (χ3v) is 7.09. The number of rotatable bonds is 3. The highest BCUT2D eigenvalue weighted by Crippen LogP contribution is 2.29. The maximum Gasteiger partial charge on any atom is 0.258 e. The first-order valence-electron chi connectivity index (χ1n) is 12.6. The van der Waals surface area contributed by atoms with Crippen LogP contribution in [0.3, 0.4) is 0 Å². The second-order valence-corrected chi connectivity index (χ2v) is 9.47. The molecule has 0 aromatic heterocycles. The average Bonchev–Trinajstić information content (AvgIpc) is 3.32. The van der Waals surface area contributed by atoms with Crippen LogP contribution in [0.2, 0.25) is 0 Å². The summed E-state index contributed by atoms with van der Waals surface area (Å²) in [5, 5.41) is 6.01. The van der Waals surface area contributed by atoms with E-state index in [0.717, 1.165) is 31.6 Å². The van der Waals surface area contributed by atoms with Crippen LogP contribution in [0.25, 0.3) is 0 Å². The Morgan fingerprint density at radius 3 is 2.59 bits per heavy atom. The summed E-state index contributed by atoms with van der Waals surface area (Å²) in [6.07, 6.45) is 1.65. The standard InChI is InChI=1S/C27H33N3O7/c1-33-21-9-18-10-22(11-21)36-16-26(31)28-13-17-3-4-20(12-24(17)34-2)37-25-15-30(14-23(25)29-27(18)32)19-5-7-35-8-6-19/h3-4,9-12,19,23,25H,5-8,13-16H2,1-2H3,(H,28,31)(H,29,32)/t23-,25-/m0/s1. The number of fused-ring (bicyclic) bond motifs is 7. The van der Waals surface area contributed by atoms with Gasteiger partial charge in [0.2, 0.25) is 0 Å². The molecule has 4 aliphatic rings. The number of nitrogens with one attached hydrogen (secondary N) is 2. The Bertz CT molecular complexity index is 1130. The fourth-order valence-corrected chi connectivity index (χ4v) is 5.08. The molecule has 2 aromatic rings. The first-order valence-corrected chi connectivity index (χ1v) is 12.6. The number of benzene rings is 2. The molecule has 37 heavy (non-hydrogen) atoms. The molecule has 2 aromatic carbocycles. The molecule has 0 radical (unpaired) electrons. The lowest BCUT2D eigenvalue weighted by Gasteiger charge is -2.30. The minimum atomic E-state index is -0.303. The van der Waals surface area contributed by atoms with Crippen molar-refractivity contribution in [1.82, 2.24) is 15.5 Å². The summed E-state index contributed by atoms with van der Waals surface area (Å²) in [5.74, 6) is 1.52. The van der Waals surface area contributed by atoms with Gasteiger partial charge in [0.25, 0.3) is 11.8 Å². The van der Waals surface area contributed by atoms with Crippen molar-refractivity contribution in [1.29, 1.82) is 0 Å². The SMILES string of the molecule is COc1cc2cc(c1)C(=O)N[C@H]1CN(C3CCOCC3)C[C@@H]1Oc1ccc(c(OC)c1)CNC(=O)CO2. The Morgan fingerprint density at radius 1 is 0.973 bits per heavy atom. The average molecular weight is 512 g/mol. The van der Waals surface area contributed by atoms with E-state index in [1.807, 2.05) is 18.2 Å². The smallest absolute Gasteiger partial charge is 0.258 e. The van der Waals surface area contributed by atoms with Crippen LogP contribution in [0.4, 0.5) is 0 Å². The van der Waals surface area contributed by atoms with Crippen molar-refractivity contribution in [2.24, 2.45) is 0 Å². The molecule has 6 rings (SSSR count). The molecule has 2 fully saturated rings. The molecular weight excluding hydrogens is 478 g/mol. The maximum atomic E-state index is 13.4. The highest BCUT2D eigenvalue weighted by molar-refractivity contribution is 5.95. The Kier molecular flexibility index (Phi) is 7.66. The van der Waals surface area contributed by atoms with E-state index in [4.69, 9.17) is 23.7 Å². The van der Waals surface area contributed by atoms with E-state index in [1.54, 1.807) is 25.3 Å². The monoisotopic (exact) mass is 511 g/mol. The zero-order chi connectivity index (χ0) is 25.8. The molecule has 2 atom stereocenters. The molecule has 2 amide bonds. The van der Waals surface area contributed by atoms with Gasteiger partial charge in [-0.1, -0.05) is 0 Å². The van der Waals surface area contributed by atoms with Gasteiger partial charge in [0, 0.05) is 62.1 Å². The normalized spacial score (nSPS) is 23.2. The third kappa shape index (κ3) is 5.91. The van der Waals surface area contributed by atoms with Gasteiger partial charge in [-0.05, 0) is 37.1 Å². The van der Waals surface area contributed by atoms with Crippen LogP contribution in [-0.2, 0) is 16.1 Å². The van der Waals surface area contributed by atoms with E-state index in [1.165, 1.54) is 7.11 Å².